The summed E-state index contributed by atoms with van der Waals surface area (Å²) < 4.78 is 0. The number of carbonyl (C=O) groups is 1. The van der Waals surface area contributed by atoms with E-state index in [0.29, 0.717) is 24.3 Å². The van der Waals surface area contributed by atoms with Crippen molar-refractivity contribution in [1.29, 1.82) is 0 Å². The molecule has 0 aliphatic heterocycles. The molecule has 0 radical (unpaired) electrons. The Balaban J connectivity index is 2.97. The molecule has 0 heterocycles. The fraction of sp³-hybridized carbons (Fsp3) is 0.692. The van der Waals surface area contributed by atoms with E-state index >= 15 is 0 Å². The number of ketones is 1. The van der Waals surface area contributed by atoms with Crippen LogP contribution in [-0.4, -0.2) is 23.6 Å². The second-order valence-electron chi connectivity index (χ2n) is 4.35. The molecular weight excluding hydrogens is 202 g/mol. The van der Waals surface area contributed by atoms with Gasteiger partial charge in [-0.05, 0) is 12.3 Å². The lowest BCUT2D eigenvalue weighted by atomic mass is 9.83. The maximum absolute atomic E-state index is 12.0. The van der Waals surface area contributed by atoms with Crippen LogP contribution < -0.4 is 0 Å². The van der Waals surface area contributed by atoms with Gasteiger partial charge in [-0.2, -0.15) is 0 Å². The summed E-state index contributed by atoms with van der Waals surface area (Å²) in [4.78, 5) is 16.1. The van der Waals surface area contributed by atoms with E-state index in [-0.39, 0.29) is 11.5 Å². The van der Waals surface area contributed by atoms with Crippen molar-refractivity contribution < 1.29 is 9.90 Å². The molecule has 0 aromatic carbocycles. The van der Waals surface area contributed by atoms with E-state index < -0.39 is 0 Å². The zero-order chi connectivity index (χ0) is 12.1. The predicted octanol–water partition coefficient (Wildman–Crippen LogP) is 3.06. The number of aliphatic hydroxyl groups excluding tert-OH is 1. The van der Waals surface area contributed by atoms with Gasteiger partial charge in [0.1, 0.15) is 5.76 Å². The first-order chi connectivity index (χ1) is 7.63. The van der Waals surface area contributed by atoms with Crippen LogP contribution in [0.3, 0.4) is 0 Å². The van der Waals surface area contributed by atoms with Gasteiger partial charge in [-0.25, -0.2) is 0 Å². The van der Waals surface area contributed by atoms with Crippen molar-refractivity contribution in [3.8, 4) is 0 Å². The second kappa shape index (κ2) is 5.83. The summed E-state index contributed by atoms with van der Waals surface area (Å²) in [5, 5.41) is 9.95. The number of aliphatic imine (C=N–C) groups is 1. The molecule has 0 spiro atoms. The predicted molar refractivity (Wildman–Crippen MR) is 65.9 cm³/mol. The molecule has 0 saturated carbocycles. The van der Waals surface area contributed by atoms with Crippen LogP contribution in [0, 0.1) is 5.92 Å². The van der Waals surface area contributed by atoms with Gasteiger partial charge >= 0.3 is 0 Å². The molecule has 1 aliphatic rings. The van der Waals surface area contributed by atoms with Crippen LogP contribution in [0.4, 0.5) is 0 Å². The highest BCUT2D eigenvalue weighted by Gasteiger charge is 2.28. The average Bonchev–Trinajstić information content (AvgIpc) is 2.26. The largest absolute Gasteiger partial charge is 0.511 e. The van der Waals surface area contributed by atoms with Gasteiger partial charge in [0.2, 0.25) is 0 Å². The Morgan fingerprint density at radius 1 is 1.44 bits per heavy atom. The highest BCUT2D eigenvalue weighted by atomic mass is 16.3. The quantitative estimate of drug-likeness (QED) is 0.745. The summed E-state index contributed by atoms with van der Waals surface area (Å²) in [7, 11) is 1.68. The Bertz CT molecular complexity index is 329. The Labute approximate surface area is 97.3 Å². The minimum atomic E-state index is 0.0599. The van der Waals surface area contributed by atoms with Crippen LogP contribution in [0.25, 0.3) is 0 Å². The first kappa shape index (κ1) is 12.9. The molecule has 1 N–H and O–H groups in total. The molecule has 0 aromatic rings. The molecule has 0 saturated heterocycles. The Morgan fingerprint density at radius 3 is 2.56 bits per heavy atom. The highest BCUT2D eigenvalue weighted by Crippen LogP contribution is 2.29. The van der Waals surface area contributed by atoms with Crippen LogP contribution in [0.2, 0.25) is 0 Å². The van der Waals surface area contributed by atoms with E-state index in [2.05, 4.69) is 11.9 Å². The van der Waals surface area contributed by atoms with E-state index in [9.17, 15) is 9.90 Å². The van der Waals surface area contributed by atoms with Crippen LogP contribution >= 0.6 is 0 Å². The molecule has 1 aliphatic carbocycles. The van der Waals surface area contributed by atoms with Gasteiger partial charge in [-0.1, -0.05) is 26.7 Å². The standard InChI is InChI=1S/C13H21NO2/c1-4-6-10(14-3)13-11(15)7-9(5-2)8-12(13)16/h9,15H,4-8H2,1-3H3. The van der Waals surface area contributed by atoms with Crippen LogP contribution in [0.15, 0.2) is 16.3 Å². The molecule has 90 valence electrons. The fourth-order valence-corrected chi connectivity index (χ4v) is 2.17. The first-order valence-electron chi connectivity index (χ1n) is 6.05. The maximum atomic E-state index is 12.0. The van der Waals surface area contributed by atoms with E-state index in [4.69, 9.17) is 0 Å². The smallest absolute Gasteiger partial charge is 0.168 e. The minimum Gasteiger partial charge on any atom is -0.511 e. The number of nitrogens with zero attached hydrogens (tertiary/aromatic N) is 1. The Kier molecular flexibility index (Phi) is 4.71. The molecule has 1 rings (SSSR count). The van der Waals surface area contributed by atoms with Crippen molar-refractivity contribution in [3.63, 3.8) is 0 Å². The fourth-order valence-electron chi connectivity index (χ4n) is 2.17. The Morgan fingerprint density at radius 2 is 2.12 bits per heavy atom. The average molecular weight is 223 g/mol. The van der Waals surface area contributed by atoms with E-state index in [1.54, 1.807) is 7.05 Å². The van der Waals surface area contributed by atoms with Gasteiger partial charge in [-0.3, -0.25) is 9.79 Å². The lowest BCUT2D eigenvalue weighted by Crippen LogP contribution is -2.24. The molecule has 0 amide bonds. The lowest BCUT2D eigenvalue weighted by Gasteiger charge is -2.23. The van der Waals surface area contributed by atoms with Gasteiger partial charge in [-0.15, -0.1) is 0 Å². The van der Waals surface area contributed by atoms with E-state index in [0.717, 1.165) is 25.0 Å². The number of Topliss-reactive ketones (excluding diaryl/α,β-unsaturated/α-hetero) is 1. The normalized spacial score (nSPS) is 22.8. The van der Waals surface area contributed by atoms with Crippen molar-refractivity contribution in [1.82, 2.24) is 0 Å². The minimum absolute atomic E-state index is 0.0599. The molecule has 3 nitrogen and oxygen atoms in total. The maximum Gasteiger partial charge on any atom is 0.168 e. The number of hydrogen-bond donors (Lipinski definition) is 1. The molecule has 0 bridgehead atoms. The summed E-state index contributed by atoms with van der Waals surface area (Å²) in [6, 6.07) is 0. The summed E-state index contributed by atoms with van der Waals surface area (Å²) >= 11 is 0. The van der Waals surface area contributed by atoms with Crippen molar-refractivity contribution in [2.24, 2.45) is 10.9 Å². The van der Waals surface area contributed by atoms with Gasteiger partial charge in [0, 0.05) is 25.6 Å². The number of rotatable bonds is 4. The first-order valence-corrected chi connectivity index (χ1v) is 6.05. The van der Waals surface area contributed by atoms with Gasteiger partial charge in [0.25, 0.3) is 0 Å². The van der Waals surface area contributed by atoms with Gasteiger partial charge in [0.15, 0.2) is 5.78 Å². The van der Waals surface area contributed by atoms with Crippen molar-refractivity contribution >= 4 is 11.5 Å². The third-order valence-electron chi connectivity index (χ3n) is 3.15. The van der Waals surface area contributed by atoms with Gasteiger partial charge in [0.05, 0.1) is 5.57 Å². The van der Waals surface area contributed by atoms with Gasteiger partial charge < -0.3 is 5.11 Å². The molecule has 3 heteroatoms. The topological polar surface area (TPSA) is 49.7 Å². The Hall–Kier alpha value is -1.12. The van der Waals surface area contributed by atoms with Crippen molar-refractivity contribution in [3.05, 3.63) is 11.3 Å². The summed E-state index contributed by atoms with van der Waals surface area (Å²) in [6.07, 6.45) is 3.82. The zero-order valence-electron chi connectivity index (χ0n) is 10.4. The van der Waals surface area contributed by atoms with Crippen molar-refractivity contribution in [2.45, 2.75) is 46.0 Å². The van der Waals surface area contributed by atoms with Crippen molar-refractivity contribution in [2.75, 3.05) is 7.05 Å². The van der Waals surface area contributed by atoms with Crippen LogP contribution in [-0.2, 0) is 4.79 Å². The van der Waals surface area contributed by atoms with E-state index in [1.807, 2.05) is 6.92 Å². The highest BCUT2D eigenvalue weighted by molar-refractivity contribution is 6.23. The second-order valence-corrected chi connectivity index (χ2v) is 4.35. The summed E-state index contributed by atoms with van der Waals surface area (Å²) in [5.74, 6) is 0.609. The van der Waals surface area contributed by atoms with Crippen LogP contribution in [0.1, 0.15) is 46.0 Å². The molecule has 1 unspecified atom stereocenters. The number of hydrogen-bond acceptors (Lipinski definition) is 3. The molecular formula is C13H21NO2. The molecule has 0 aromatic heterocycles. The summed E-state index contributed by atoms with van der Waals surface area (Å²) in [5.41, 5.74) is 1.26. The number of carbonyl (C=O) groups excluding carboxylic acids is 1. The number of allylic oxidation sites excluding steroid dienone is 2. The molecule has 0 fully saturated rings. The van der Waals surface area contributed by atoms with Crippen LogP contribution in [0.5, 0.6) is 0 Å². The number of aliphatic hydroxyl groups is 1. The third kappa shape index (κ3) is 2.71. The third-order valence-corrected chi connectivity index (χ3v) is 3.15. The molecule has 16 heavy (non-hydrogen) atoms. The zero-order valence-corrected chi connectivity index (χ0v) is 10.4. The SMILES string of the molecule is CCCC(=NC)C1=C(O)CC(CC)CC1=O. The summed E-state index contributed by atoms with van der Waals surface area (Å²) in [6.45, 7) is 4.10. The van der Waals surface area contributed by atoms with E-state index in [1.165, 1.54) is 0 Å². The molecule has 1 atom stereocenters. The monoisotopic (exact) mass is 223 g/mol. The lowest BCUT2D eigenvalue weighted by molar-refractivity contribution is -0.116.